The molecule has 1 N–H and O–H groups in total. The van der Waals surface area contributed by atoms with E-state index in [9.17, 15) is 9.18 Å². The van der Waals surface area contributed by atoms with Crippen LogP contribution in [0.25, 0.3) is 0 Å². The second-order valence-corrected chi connectivity index (χ2v) is 6.23. The number of nitrogens with zero attached hydrogens (tertiary/aromatic N) is 3. The molecule has 0 radical (unpaired) electrons. The van der Waals surface area contributed by atoms with E-state index >= 15 is 0 Å². The molecular weight excluding hydrogens is 367 g/mol. The van der Waals surface area contributed by atoms with Crippen molar-refractivity contribution < 1.29 is 9.18 Å². The van der Waals surface area contributed by atoms with Crippen molar-refractivity contribution in [1.82, 2.24) is 10.3 Å². The van der Waals surface area contributed by atoms with Crippen LogP contribution in [-0.2, 0) is 0 Å². The van der Waals surface area contributed by atoms with Gasteiger partial charge in [-0.2, -0.15) is 0 Å². The third-order valence-corrected chi connectivity index (χ3v) is 4.39. The average Bonchev–Trinajstić information content (AvgIpc) is 2.68. The Labute approximate surface area is 162 Å². The minimum Gasteiger partial charge on any atom is -0.351 e. The van der Waals surface area contributed by atoms with E-state index in [2.05, 4.69) is 27.0 Å². The maximum atomic E-state index is 13.6. The molecule has 7 heteroatoms. The molecule has 0 aliphatic rings. The highest BCUT2D eigenvalue weighted by molar-refractivity contribution is 6.34. The number of nitrogens with one attached hydrogen (secondary N) is 1. The Morgan fingerprint density at radius 3 is 2.70 bits per heavy atom. The maximum absolute atomic E-state index is 13.6. The van der Waals surface area contributed by atoms with E-state index in [1.807, 2.05) is 19.1 Å². The number of carbonyl (C=O) groups is 1. The van der Waals surface area contributed by atoms with Gasteiger partial charge in [-0.3, -0.25) is 9.78 Å². The van der Waals surface area contributed by atoms with Crippen LogP contribution in [-0.4, -0.2) is 30.0 Å². The first-order valence-corrected chi connectivity index (χ1v) is 8.61. The zero-order valence-electron chi connectivity index (χ0n) is 15.1. The largest absolute Gasteiger partial charge is 0.351 e. The highest BCUT2D eigenvalue weighted by Gasteiger charge is 2.18. The Kier molecular flexibility index (Phi) is 7.37. The van der Waals surface area contributed by atoms with E-state index in [0.717, 1.165) is 11.1 Å². The van der Waals surface area contributed by atoms with Crippen molar-refractivity contribution in [2.75, 3.05) is 6.54 Å². The van der Waals surface area contributed by atoms with Crippen LogP contribution in [0, 0.1) is 5.82 Å². The lowest BCUT2D eigenvalue weighted by atomic mass is 9.93. The molecule has 27 heavy (non-hydrogen) atoms. The van der Waals surface area contributed by atoms with Crippen LogP contribution < -0.4 is 5.32 Å². The summed E-state index contributed by atoms with van der Waals surface area (Å²) in [6.45, 7) is 7.37. The molecule has 0 fully saturated rings. The molecule has 1 amide bonds. The molecule has 2 aromatic rings. The quantitative estimate of drug-likeness (QED) is 0.590. The van der Waals surface area contributed by atoms with Gasteiger partial charge in [-0.1, -0.05) is 17.7 Å². The first kappa shape index (κ1) is 20.5. The minimum atomic E-state index is -0.632. The fourth-order valence-corrected chi connectivity index (χ4v) is 2.64. The second kappa shape index (κ2) is 9.73. The standard InChI is InChI=1S/C20H20ClFN4O/c1-13(11-25-14(2)23-3)17(15-7-9-24-10-8-15)12-26-20(27)16-5-4-6-18(22)19(16)21/h4-11,17H,3,12H2,1-2H3,(H,26,27)/b13-11+,25-14-. The summed E-state index contributed by atoms with van der Waals surface area (Å²) in [5.41, 5.74) is 1.97. The molecule has 2 rings (SSSR count). The van der Waals surface area contributed by atoms with Gasteiger partial charge < -0.3 is 5.32 Å². The summed E-state index contributed by atoms with van der Waals surface area (Å²) in [6.07, 6.45) is 5.05. The Morgan fingerprint density at radius 1 is 1.33 bits per heavy atom. The Hall–Kier alpha value is -2.86. The second-order valence-electron chi connectivity index (χ2n) is 5.85. The number of benzene rings is 1. The molecule has 0 aliphatic carbocycles. The summed E-state index contributed by atoms with van der Waals surface area (Å²) in [5.74, 6) is -0.685. The van der Waals surface area contributed by atoms with E-state index in [4.69, 9.17) is 11.6 Å². The van der Waals surface area contributed by atoms with Gasteiger partial charge in [-0.15, -0.1) is 0 Å². The maximum Gasteiger partial charge on any atom is 0.252 e. The van der Waals surface area contributed by atoms with Gasteiger partial charge in [0.05, 0.1) is 10.6 Å². The number of halogens is 2. The van der Waals surface area contributed by atoms with Crippen molar-refractivity contribution >= 4 is 30.1 Å². The molecule has 1 atom stereocenters. The lowest BCUT2D eigenvalue weighted by Crippen LogP contribution is -2.29. The van der Waals surface area contributed by atoms with E-state index in [-0.39, 0.29) is 23.0 Å². The topological polar surface area (TPSA) is 66.7 Å². The molecule has 0 saturated heterocycles. The number of rotatable bonds is 6. The van der Waals surface area contributed by atoms with Crippen molar-refractivity contribution in [2.45, 2.75) is 19.8 Å². The zero-order valence-corrected chi connectivity index (χ0v) is 15.9. The van der Waals surface area contributed by atoms with E-state index in [0.29, 0.717) is 5.84 Å². The van der Waals surface area contributed by atoms with Gasteiger partial charge in [0.15, 0.2) is 0 Å². The lowest BCUT2D eigenvalue weighted by Gasteiger charge is -2.19. The average molecular weight is 387 g/mol. The Balaban J connectivity index is 2.23. The molecule has 1 heterocycles. The number of amidine groups is 1. The lowest BCUT2D eigenvalue weighted by molar-refractivity contribution is 0.0952. The Morgan fingerprint density at radius 2 is 2.04 bits per heavy atom. The zero-order chi connectivity index (χ0) is 19.8. The van der Waals surface area contributed by atoms with Gasteiger partial charge in [0.1, 0.15) is 11.7 Å². The number of hydrogen-bond acceptors (Lipinski definition) is 3. The van der Waals surface area contributed by atoms with Gasteiger partial charge >= 0.3 is 0 Å². The van der Waals surface area contributed by atoms with Gasteiger partial charge in [-0.05, 0) is 56.0 Å². The minimum absolute atomic E-state index is 0.0940. The number of carbonyl (C=O) groups excluding carboxylic acids is 1. The van der Waals surface area contributed by atoms with E-state index < -0.39 is 11.7 Å². The van der Waals surface area contributed by atoms with Crippen molar-refractivity contribution in [3.8, 4) is 0 Å². The van der Waals surface area contributed by atoms with Crippen LogP contribution in [0.3, 0.4) is 0 Å². The molecule has 0 bridgehead atoms. The van der Waals surface area contributed by atoms with Crippen LogP contribution >= 0.6 is 11.6 Å². The Bertz CT molecular complexity index is 881. The molecule has 140 valence electrons. The highest BCUT2D eigenvalue weighted by Crippen LogP contribution is 2.24. The van der Waals surface area contributed by atoms with Crippen LogP contribution in [0.5, 0.6) is 0 Å². The summed E-state index contributed by atoms with van der Waals surface area (Å²) in [5, 5.41) is 2.62. The summed E-state index contributed by atoms with van der Waals surface area (Å²) < 4.78 is 13.6. The molecule has 1 aromatic heterocycles. The summed E-state index contributed by atoms with van der Waals surface area (Å²) >= 11 is 5.89. The number of hydrogen-bond donors (Lipinski definition) is 1. The van der Waals surface area contributed by atoms with E-state index in [1.54, 1.807) is 25.5 Å². The molecular formula is C20H20ClFN4O. The van der Waals surface area contributed by atoms with Gasteiger partial charge in [0.25, 0.3) is 5.91 Å². The number of aromatic nitrogens is 1. The number of amides is 1. The van der Waals surface area contributed by atoms with E-state index in [1.165, 1.54) is 18.2 Å². The smallest absolute Gasteiger partial charge is 0.252 e. The predicted octanol–water partition coefficient (Wildman–Crippen LogP) is 4.41. The van der Waals surface area contributed by atoms with Crippen LogP contribution in [0.2, 0.25) is 5.02 Å². The third kappa shape index (κ3) is 5.56. The number of aliphatic imine (C=N–C) groups is 2. The molecule has 1 aromatic carbocycles. The first-order chi connectivity index (χ1) is 12.9. The van der Waals surface area contributed by atoms with Crippen LogP contribution in [0.1, 0.15) is 35.7 Å². The predicted molar refractivity (Wildman–Crippen MR) is 107 cm³/mol. The van der Waals surface area contributed by atoms with Gasteiger partial charge in [0, 0.05) is 31.1 Å². The van der Waals surface area contributed by atoms with Crippen LogP contribution in [0.4, 0.5) is 4.39 Å². The first-order valence-electron chi connectivity index (χ1n) is 8.24. The highest BCUT2D eigenvalue weighted by atomic mass is 35.5. The molecule has 5 nitrogen and oxygen atoms in total. The summed E-state index contributed by atoms with van der Waals surface area (Å²) in [7, 11) is 0. The molecule has 0 saturated carbocycles. The normalized spacial score (nSPS) is 13.2. The monoisotopic (exact) mass is 386 g/mol. The van der Waals surface area contributed by atoms with Crippen molar-refractivity contribution in [1.29, 1.82) is 0 Å². The number of pyridine rings is 1. The third-order valence-electron chi connectivity index (χ3n) is 4.00. The van der Waals surface area contributed by atoms with Crippen molar-refractivity contribution in [3.63, 3.8) is 0 Å². The molecule has 0 spiro atoms. The van der Waals surface area contributed by atoms with Gasteiger partial charge in [0.2, 0.25) is 0 Å². The van der Waals surface area contributed by atoms with Crippen LogP contribution in [0.15, 0.2) is 64.5 Å². The SMILES string of the molecule is C=N/C(C)=N\C=C(/C)C(CNC(=O)c1cccc(F)c1Cl)c1ccncc1. The summed E-state index contributed by atoms with van der Waals surface area (Å²) in [6, 6.07) is 7.87. The summed E-state index contributed by atoms with van der Waals surface area (Å²) in [4.78, 5) is 24.4. The van der Waals surface area contributed by atoms with Crippen molar-refractivity contribution in [3.05, 3.63) is 76.5 Å². The fraction of sp³-hybridized carbons (Fsp3) is 0.200. The van der Waals surface area contributed by atoms with Gasteiger partial charge in [-0.25, -0.2) is 14.4 Å². The molecule has 0 aliphatic heterocycles. The fourth-order valence-electron chi connectivity index (χ4n) is 2.43. The molecule has 1 unspecified atom stereocenters. The van der Waals surface area contributed by atoms with Crippen molar-refractivity contribution in [2.24, 2.45) is 9.98 Å².